The summed E-state index contributed by atoms with van der Waals surface area (Å²) in [6, 6.07) is 8.56. The molecule has 1 aliphatic rings. The second kappa shape index (κ2) is 5.67. The first-order valence-electron chi connectivity index (χ1n) is 6.86. The molecule has 1 aromatic heterocycles. The van der Waals surface area contributed by atoms with E-state index < -0.39 is 0 Å². The Morgan fingerprint density at radius 3 is 2.95 bits per heavy atom. The topological polar surface area (TPSA) is 49.8 Å². The number of hydrogen-bond donors (Lipinski definition) is 2. The van der Waals surface area contributed by atoms with E-state index in [-0.39, 0.29) is 0 Å². The van der Waals surface area contributed by atoms with Gasteiger partial charge in [-0.05, 0) is 24.5 Å². The molecule has 0 spiro atoms. The zero-order chi connectivity index (χ0) is 13.9. The number of nitrogens with zero attached hydrogens (tertiary/aromatic N) is 2. The van der Waals surface area contributed by atoms with Crippen LogP contribution in [0.15, 0.2) is 30.5 Å². The van der Waals surface area contributed by atoms with E-state index in [1.807, 2.05) is 6.92 Å². The summed E-state index contributed by atoms with van der Waals surface area (Å²) in [4.78, 5) is 8.51. The standard InChI is InChI=1S/C15H17ClN4/c1-2-17-15-19-9-13(16)14(20-15)18-8-11-7-10-5-3-4-6-12(10)11/h3-6,9,11H,2,7-8H2,1H3,(H2,17,18,19,20). The van der Waals surface area contributed by atoms with Gasteiger partial charge < -0.3 is 10.6 Å². The van der Waals surface area contributed by atoms with Crippen molar-refractivity contribution >= 4 is 23.4 Å². The quantitative estimate of drug-likeness (QED) is 0.886. The molecule has 5 heteroatoms. The Morgan fingerprint density at radius 2 is 2.15 bits per heavy atom. The maximum Gasteiger partial charge on any atom is 0.224 e. The number of aromatic nitrogens is 2. The van der Waals surface area contributed by atoms with Gasteiger partial charge in [-0.15, -0.1) is 0 Å². The van der Waals surface area contributed by atoms with Gasteiger partial charge in [0.25, 0.3) is 0 Å². The van der Waals surface area contributed by atoms with Gasteiger partial charge in [0, 0.05) is 19.0 Å². The third-order valence-electron chi connectivity index (χ3n) is 3.56. The van der Waals surface area contributed by atoms with Crippen LogP contribution >= 0.6 is 11.6 Å². The molecule has 104 valence electrons. The summed E-state index contributed by atoms with van der Waals surface area (Å²) in [7, 11) is 0. The largest absolute Gasteiger partial charge is 0.368 e. The number of halogens is 1. The van der Waals surface area contributed by atoms with Gasteiger partial charge in [-0.3, -0.25) is 0 Å². The van der Waals surface area contributed by atoms with Gasteiger partial charge in [0.05, 0.1) is 6.20 Å². The van der Waals surface area contributed by atoms with Gasteiger partial charge in [-0.2, -0.15) is 4.98 Å². The molecular formula is C15H17ClN4. The van der Waals surface area contributed by atoms with Crippen molar-refractivity contribution in [3.05, 3.63) is 46.6 Å². The van der Waals surface area contributed by atoms with Gasteiger partial charge in [-0.1, -0.05) is 35.9 Å². The lowest BCUT2D eigenvalue weighted by molar-refractivity contribution is 0.634. The summed E-state index contributed by atoms with van der Waals surface area (Å²) in [5.41, 5.74) is 2.87. The van der Waals surface area contributed by atoms with E-state index in [1.54, 1.807) is 6.20 Å². The van der Waals surface area contributed by atoms with E-state index >= 15 is 0 Å². The average molecular weight is 289 g/mol. The molecule has 1 aromatic carbocycles. The van der Waals surface area contributed by atoms with Gasteiger partial charge >= 0.3 is 0 Å². The molecule has 0 saturated heterocycles. The highest BCUT2D eigenvalue weighted by Gasteiger charge is 2.25. The summed E-state index contributed by atoms with van der Waals surface area (Å²) in [6.07, 6.45) is 2.75. The van der Waals surface area contributed by atoms with Gasteiger partial charge in [-0.25, -0.2) is 4.98 Å². The number of anilines is 2. The number of nitrogens with one attached hydrogen (secondary N) is 2. The molecule has 0 aliphatic heterocycles. The highest BCUT2D eigenvalue weighted by molar-refractivity contribution is 6.32. The lowest BCUT2D eigenvalue weighted by Crippen LogP contribution is -2.24. The Bertz CT molecular complexity index is 615. The fourth-order valence-corrected chi connectivity index (χ4v) is 2.66. The van der Waals surface area contributed by atoms with Crippen molar-refractivity contribution in [1.82, 2.24) is 9.97 Å². The SMILES string of the molecule is CCNc1ncc(Cl)c(NCC2Cc3ccccc32)n1. The van der Waals surface area contributed by atoms with Crippen LogP contribution in [0.25, 0.3) is 0 Å². The molecule has 1 unspecified atom stereocenters. The molecule has 0 saturated carbocycles. The normalized spacial score (nSPS) is 16.2. The van der Waals surface area contributed by atoms with E-state index in [2.05, 4.69) is 44.9 Å². The molecule has 20 heavy (non-hydrogen) atoms. The van der Waals surface area contributed by atoms with Crippen LogP contribution in [0.2, 0.25) is 5.02 Å². The maximum atomic E-state index is 6.13. The lowest BCUT2D eigenvalue weighted by Gasteiger charge is -2.30. The number of hydrogen-bond acceptors (Lipinski definition) is 4. The third kappa shape index (κ3) is 2.56. The predicted octanol–water partition coefficient (Wildman–Crippen LogP) is 3.31. The Hall–Kier alpha value is -1.81. The van der Waals surface area contributed by atoms with Crippen LogP contribution in [0.4, 0.5) is 11.8 Å². The van der Waals surface area contributed by atoms with Crippen LogP contribution < -0.4 is 10.6 Å². The number of rotatable bonds is 5. The Balaban J connectivity index is 1.66. The fourth-order valence-electron chi connectivity index (χ4n) is 2.50. The summed E-state index contributed by atoms with van der Waals surface area (Å²) in [5.74, 6) is 1.84. The first kappa shape index (κ1) is 13.2. The van der Waals surface area contributed by atoms with E-state index in [4.69, 9.17) is 11.6 Å². The smallest absolute Gasteiger partial charge is 0.224 e. The molecule has 0 amide bonds. The van der Waals surface area contributed by atoms with Crippen LogP contribution in [0.5, 0.6) is 0 Å². The van der Waals surface area contributed by atoms with Crippen molar-refractivity contribution in [2.75, 3.05) is 23.7 Å². The van der Waals surface area contributed by atoms with Gasteiger partial charge in [0.2, 0.25) is 5.95 Å². The predicted molar refractivity (Wildman–Crippen MR) is 82.6 cm³/mol. The van der Waals surface area contributed by atoms with Crippen molar-refractivity contribution in [3.8, 4) is 0 Å². The summed E-state index contributed by atoms with van der Waals surface area (Å²) < 4.78 is 0. The first-order chi connectivity index (χ1) is 9.78. The molecule has 2 N–H and O–H groups in total. The fraction of sp³-hybridized carbons (Fsp3) is 0.333. The van der Waals surface area contributed by atoms with Gasteiger partial charge in [0.15, 0.2) is 5.82 Å². The van der Waals surface area contributed by atoms with Crippen LogP contribution in [0, 0.1) is 0 Å². The van der Waals surface area contributed by atoms with E-state index in [1.165, 1.54) is 11.1 Å². The average Bonchev–Trinajstić information content (AvgIpc) is 2.43. The van der Waals surface area contributed by atoms with Crippen molar-refractivity contribution < 1.29 is 0 Å². The summed E-state index contributed by atoms with van der Waals surface area (Å²) in [6.45, 7) is 3.65. The Kier molecular flexibility index (Phi) is 3.74. The first-order valence-corrected chi connectivity index (χ1v) is 7.23. The third-order valence-corrected chi connectivity index (χ3v) is 3.83. The van der Waals surface area contributed by atoms with Gasteiger partial charge in [0.1, 0.15) is 5.02 Å². The molecule has 1 heterocycles. The minimum atomic E-state index is 0.541. The molecule has 4 nitrogen and oxygen atoms in total. The highest BCUT2D eigenvalue weighted by atomic mass is 35.5. The van der Waals surface area contributed by atoms with Crippen LogP contribution in [0.3, 0.4) is 0 Å². The minimum Gasteiger partial charge on any atom is -0.368 e. The molecule has 0 radical (unpaired) electrons. The van der Waals surface area contributed by atoms with E-state index in [9.17, 15) is 0 Å². The second-order valence-corrected chi connectivity index (χ2v) is 5.31. The zero-order valence-electron chi connectivity index (χ0n) is 11.4. The van der Waals surface area contributed by atoms with E-state index in [0.29, 0.717) is 22.7 Å². The molecule has 2 aromatic rings. The Morgan fingerprint density at radius 1 is 1.30 bits per heavy atom. The summed E-state index contributed by atoms with van der Waals surface area (Å²) >= 11 is 6.13. The molecule has 1 aliphatic carbocycles. The highest BCUT2D eigenvalue weighted by Crippen LogP contribution is 2.35. The zero-order valence-corrected chi connectivity index (χ0v) is 12.1. The molecule has 1 atom stereocenters. The number of benzene rings is 1. The van der Waals surface area contributed by atoms with Crippen molar-refractivity contribution in [2.45, 2.75) is 19.3 Å². The van der Waals surface area contributed by atoms with E-state index in [0.717, 1.165) is 19.5 Å². The summed E-state index contributed by atoms with van der Waals surface area (Å²) in [5, 5.41) is 6.97. The maximum absolute atomic E-state index is 6.13. The molecule has 3 rings (SSSR count). The second-order valence-electron chi connectivity index (χ2n) is 4.90. The molecule has 0 fully saturated rings. The van der Waals surface area contributed by atoms with Crippen molar-refractivity contribution in [1.29, 1.82) is 0 Å². The van der Waals surface area contributed by atoms with Crippen molar-refractivity contribution in [2.24, 2.45) is 0 Å². The monoisotopic (exact) mass is 288 g/mol. The van der Waals surface area contributed by atoms with Crippen LogP contribution in [-0.2, 0) is 6.42 Å². The lowest BCUT2D eigenvalue weighted by atomic mass is 9.78. The Labute approximate surface area is 123 Å². The van der Waals surface area contributed by atoms with Crippen LogP contribution in [0.1, 0.15) is 24.0 Å². The molecule has 0 bridgehead atoms. The minimum absolute atomic E-state index is 0.541. The number of fused-ring (bicyclic) bond motifs is 1. The van der Waals surface area contributed by atoms with Crippen LogP contribution in [-0.4, -0.2) is 23.1 Å². The van der Waals surface area contributed by atoms with Crippen molar-refractivity contribution in [3.63, 3.8) is 0 Å². The molecular weight excluding hydrogens is 272 g/mol.